The van der Waals surface area contributed by atoms with E-state index in [0.717, 1.165) is 19.1 Å². The van der Waals surface area contributed by atoms with Gasteiger partial charge in [0.1, 0.15) is 11.8 Å². The number of ether oxygens (including phenoxy) is 1. The van der Waals surface area contributed by atoms with Crippen molar-refractivity contribution in [3.05, 3.63) is 65.2 Å². The Morgan fingerprint density at radius 2 is 1.33 bits per heavy atom. The van der Waals surface area contributed by atoms with Crippen molar-refractivity contribution in [1.82, 2.24) is 5.32 Å². The first-order chi connectivity index (χ1) is 19.7. The number of benzene rings is 2. The number of carbonyl (C=O) groups is 4. The average Bonchev–Trinajstić information content (AvgIpc) is 2.92. The average molecular weight is 624 g/mol. The van der Waals surface area contributed by atoms with Gasteiger partial charge in [-0.3, -0.25) is 19.2 Å². The second-order valence-electron chi connectivity index (χ2n) is 10.2. The van der Waals surface area contributed by atoms with Gasteiger partial charge in [-0.25, -0.2) is 0 Å². The first-order valence-electron chi connectivity index (χ1n) is 12.9. The van der Waals surface area contributed by atoms with E-state index < -0.39 is 89.3 Å². The molecule has 6 nitrogen and oxygen atoms in total. The van der Waals surface area contributed by atoms with E-state index in [9.17, 15) is 54.3 Å². The summed E-state index contributed by atoms with van der Waals surface area (Å²) in [4.78, 5) is 50.7. The topological polar surface area (TPSA) is 89.5 Å². The van der Waals surface area contributed by atoms with Gasteiger partial charge >= 0.3 is 18.3 Å². The molecule has 0 bridgehead atoms. The monoisotopic (exact) mass is 623 g/mol. The Hall–Kier alpha value is -3.84. The molecule has 0 aromatic heterocycles. The van der Waals surface area contributed by atoms with E-state index in [0.29, 0.717) is 17.9 Å². The SMILES string of the molecule is COc1ccc([C@H](NC(=O)[C@H](C)CC(=O)C(F)(F)c2ccccc2C(F)(F)F)C(=O)C[C@H](C(=O)C(F)(F)F)C(C)C)cc1. The van der Waals surface area contributed by atoms with E-state index in [2.05, 4.69) is 5.32 Å². The Kier molecular flexibility index (Phi) is 11.2. The quantitative estimate of drug-likeness (QED) is 0.254. The first-order valence-corrected chi connectivity index (χ1v) is 12.9. The zero-order chi connectivity index (χ0) is 32.9. The predicted octanol–water partition coefficient (Wildman–Crippen LogP) is 6.62. The summed E-state index contributed by atoms with van der Waals surface area (Å²) in [5.41, 5.74) is -3.28. The fourth-order valence-electron chi connectivity index (χ4n) is 4.26. The fraction of sp³-hybridized carbons (Fsp3) is 0.448. The van der Waals surface area contributed by atoms with Gasteiger partial charge < -0.3 is 10.1 Å². The van der Waals surface area contributed by atoms with Crippen LogP contribution in [0.1, 0.15) is 56.3 Å². The van der Waals surface area contributed by atoms with Crippen LogP contribution in [0, 0.1) is 17.8 Å². The van der Waals surface area contributed by atoms with Crippen LogP contribution in [0.2, 0.25) is 0 Å². The summed E-state index contributed by atoms with van der Waals surface area (Å²) in [7, 11) is 1.33. The van der Waals surface area contributed by atoms with Crippen LogP contribution in [0.25, 0.3) is 0 Å². The summed E-state index contributed by atoms with van der Waals surface area (Å²) in [6.07, 6.45) is -12.6. The number of amides is 1. The number of carbonyl (C=O) groups excluding carboxylic acids is 4. The van der Waals surface area contributed by atoms with Crippen molar-refractivity contribution in [2.75, 3.05) is 7.11 Å². The minimum atomic E-state index is -5.24. The Morgan fingerprint density at radius 1 is 0.791 bits per heavy atom. The second-order valence-corrected chi connectivity index (χ2v) is 10.2. The third kappa shape index (κ3) is 8.83. The standard InChI is InChI=1S/C29H29F8NO5/c1-15(2)19(25(41)29(35,36)37)14-22(39)24(17-9-11-18(43-4)12-10-17)38-26(42)16(3)13-23(40)27(30,31)20-7-5-6-8-21(20)28(32,33)34/h5-12,15-16,19,24H,13-14H2,1-4H3,(H,38,42)/t16-,19+,24+/m1/s1. The molecule has 236 valence electrons. The number of rotatable bonds is 13. The van der Waals surface area contributed by atoms with Gasteiger partial charge in [-0.15, -0.1) is 0 Å². The van der Waals surface area contributed by atoms with Gasteiger partial charge in [-0.2, -0.15) is 35.1 Å². The maximum absolute atomic E-state index is 14.9. The molecule has 1 amide bonds. The van der Waals surface area contributed by atoms with Gasteiger partial charge in [0.05, 0.1) is 12.7 Å². The van der Waals surface area contributed by atoms with Crippen LogP contribution >= 0.6 is 0 Å². The number of methoxy groups -OCH3 is 1. The summed E-state index contributed by atoms with van der Waals surface area (Å²) in [5, 5.41) is 2.23. The van der Waals surface area contributed by atoms with Crippen molar-refractivity contribution < 1.29 is 59.0 Å². The van der Waals surface area contributed by atoms with Crippen LogP contribution in [-0.2, 0) is 31.3 Å². The van der Waals surface area contributed by atoms with Gasteiger partial charge in [-0.05, 0) is 29.7 Å². The Balaban J connectivity index is 2.34. The molecule has 14 heteroatoms. The Morgan fingerprint density at radius 3 is 1.79 bits per heavy atom. The highest BCUT2D eigenvalue weighted by molar-refractivity contribution is 5.96. The Bertz CT molecular complexity index is 1320. The summed E-state index contributed by atoms with van der Waals surface area (Å²) >= 11 is 0. The normalized spacial score (nSPS) is 14.5. The molecular weight excluding hydrogens is 594 g/mol. The molecule has 0 unspecified atom stereocenters. The van der Waals surface area contributed by atoms with Crippen LogP contribution in [0.5, 0.6) is 5.75 Å². The molecule has 0 aliphatic rings. The third-order valence-electron chi connectivity index (χ3n) is 6.76. The lowest BCUT2D eigenvalue weighted by Gasteiger charge is -2.25. The number of hydrogen-bond acceptors (Lipinski definition) is 5. The number of alkyl halides is 8. The molecule has 2 rings (SSSR count). The van der Waals surface area contributed by atoms with Crippen molar-refractivity contribution in [2.45, 2.75) is 57.9 Å². The van der Waals surface area contributed by atoms with E-state index in [1.165, 1.54) is 45.2 Å². The lowest BCUT2D eigenvalue weighted by atomic mass is 9.84. The highest BCUT2D eigenvalue weighted by Crippen LogP contribution is 2.41. The minimum Gasteiger partial charge on any atom is -0.497 e. The molecule has 0 saturated carbocycles. The van der Waals surface area contributed by atoms with Gasteiger partial charge in [0, 0.05) is 30.2 Å². The molecule has 43 heavy (non-hydrogen) atoms. The smallest absolute Gasteiger partial charge is 0.450 e. The predicted molar refractivity (Wildman–Crippen MR) is 137 cm³/mol. The van der Waals surface area contributed by atoms with Crippen molar-refractivity contribution in [2.24, 2.45) is 17.8 Å². The van der Waals surface area contributed by atoms with Crippen LogP contribution in [-0.4, -0.2) is 36.5 Å². The van der Waals surface area contributed by atoms with Crippen molar-refractivity contribution in [1.29, 1.82) is 0 Å². The third-order valence-corrected chi connectivity index (χ3v) is 6.76. The summed E-state index contributed by atoms with van der Waals surface area (Å²) in [6.45, 7) is 3.61. The van der Waals surface area contributed by atoms with E-state index in [-0.39, 0.29) is 5.56 Å². The minimum absolute atomic E-state index is 0.0454. The van der Waals surface area contributed by atoms with Crippen molar-refractivity contribution >= 4 is 23.3 Å². The highest BCUT2D eigenvalue weighted by Gasteiger charge is 2.48. The van der Waals surface area contributed by atoms with E-state index in [1.807, 2.05) is 0 Å². The van der Waals surface area contributed by atoms with Crippen LogP contribution < -0.4 is 10.1 Å². The first kappa shape index (κ1) is 35.4. The zero-order valence-corrected chi connectivity index (χ0v) is 23.4. The van der Waals surface area contributed by atoms with Crippen molar-refractivity contribution in [3.8, 4) is 5.75 Å². The molecule has 0 fully saturated rings. The number of halogens is 8. The van der Waals surface area contributed by atoms with Crippen LogP contribution in [0.4, 0.5) is 35.1 Å². The molecule has 0 spiro atoms. The van der Waals surface area contributed by atoms with E-state index in [4.69, 9.17) is 4.74 Å². The molecule has 0 radical (unpaired) electrons. The summed E-state index contributed by atoms with van der Waals surface area (Å²) < 4.78 is 114. The molecule has 0 aliphatic heterocycles. The maximum Gasteiger partial charge on any atom is 0.450 e. The van der Waals surface area contributed by atoms with E-state index >= 15 is 0 Å². The van der Waals surface area contributed by atoms with Gasteiger partial charge in [0.25, 0.3) is 0 Å². The highest BCUT2D eigenvalue weighted by atomic mass is 19.4. The van der Waals surface area contributed by atoms with Gasteiger partial charge in [0.15, 0.2) is 5.78 Å². The number of hydrogen-bond donors (Lipinski definition) is 1. The Labute approximate surface area is 241 Å². The number of ketones is 3. The molecule has 2 aromatic rings. The van der Waals surface area contributed by atoms with Gasteiger partial charge in [-0.1, -0.05) is 51.1 Å². The largest absolute Gasteiger partial charge is 0.497 e. The van der Waals surface area contributed by atoms with E-state index in [1.54, 1.807) is 0 Å². The number of Topliss-reactive ketones (excluding diaryl/α,β-unsaturated/α-hetero) is 3. The lowest BCUT2D eigenvalue weighted by Crippen LogP contribution is -2.41. The molecular formula is C29H29F8NO5. The van der Waals surface area contributed by atoms with Crippen molar-refractivity contribution in [3.63, 3.8) is 0 Å². The summed E-state index contributed by atoms with van der Waals surface area (Å²) in [6, 6.07) is 6.26. The molecule has 3 atom stereocenters. The fourth-order valence-corrected chi connectivity index (χ4v) is 4.26. The molecule has 1 N–H and O–H groups in total. The van der Waals surface area contributed by atoms with Crippen LogP contribution in [0.3, 0.4) is 0 Å². The van der Waals surface area contributed by atoms with Gasteiger partial charge in [0.2, 0.25) is 17.5 Å². The zero-order valence-electron chi connectivity index (χ0n) is 23.4. The summed E-state index contributed by atoms with van der Waals surface area (Å²) in [5.74, 6) is -15.0. The second kappa shape index (κ2) is 13.6. The van der Waals surface area contributed by atoms with Crippen LogP contribution in [0.15, 0.2) is 48.5 Å². The molecule has 0 aliphatic carbocycles. The lowest BCUT2D eigenvalue weighted by molar-refractivity contribution is -0.177. The molecule has 2 aromatic carbocycles. The molecule has 0 heterocycles. The molecule has 0 saturated heterocycles. The maximum atomic E-state index is 14.9. The number of nitrogens with one attached hydrogen (secondary N) is 1.